The fourth-order valence-electron chi connectivity index (χ4n) is 0.807. The minimum absolute atomic E-state index is 0.843. The van der Waals surface area contributed by atoms with Crippen LogP contribution >= 0.6 is 0 Å². The summed E-state index contributed by atoms with van der Waals surface area (Å²) in [6.07, 6.45) is 1.37. The molecule has 0 aliphatic rings. The van der Waals surface area contributed by atoms with Gasteiger partial charge in [0.25, 0.3) is 0 Å². The molecule has 2 N–H and O–H groups in total. The topological polar surface area (TPSA) is 61.3 Å². The van der Waals surface area contributed by atoms with Crippen LogP contribution in [0.3, 0.4) is 0 Å². The summed E-state index contributed by atoms with van der Waals surface area (Å²) in [4.78, 5) is 0. The van der Waals surface area contributed by atoms with Gasteiger partial charge in [-0.05, 0) is 13.8 Å². The zero-order valence-corrected chi connectivity index (χ0v) is 5.92. The van der Waals surface area contributed by atoms with Crippen LogP contribution in [0.2, 0.25) is 0 Å². The molecule has 4 heteroatoms. The number of nitrogens with zero attached hydrogens (tertiary/aromatic N) is 2. The monoisotopic (exact) mass is 139 g/mol. The minimum atomic E-state index is 0.843. The van der Waals surface area contributed by atoms with Crippen LogP contribution in [0.5, 0.6) is 0 Å². The fraction of sp³-hybridized carbons (Fsp3) is 0.333. The van der Waals surface area contributed by atoms with Gasteiger partial charge < -0.3 is 5.21 Å². The third kappa shape index (κ3) is 1.00. The molecule has 1 aromatic rings. The van der Waals surface area contributed by atoms with Crippen LogP contribution in [0, 0.1) is 13.8 Å². The van der Waals surface area contributed by atoms with Gasteiger partial charge in [-0.3, -0.25) is 5.10 Å². The van der Waals surface area contributed by atoms with Crippen molar-refractivity contribution >= 4 is 6.21 Å². The van der Waals surface area contributed by atoms with Crippen LogP contribution in [0.4, 0.5) is 0 Å². The Morgan fingerprint density at radius 1 is 1.60 bits per heavy atom. The summed E-state index contributed by atoms with van der Waals surface area (Å²) in [5.41, 5.74) is 2.60. The Morgan fingerprint density at radius 2 is 2.30 bits per heavy atom. The Labute approximate surface area is 58.6 Å². The zero-order valence-electron chi connectivity index (χ0n) is 5.92. The van der Waals surface area contributed by atoms with Crippen molar-refractivity contribution in [1.29, 1.82) is 0 Å². The summed E-state index contributed by atoms with van der Waals surface area (Å²) in [5.74, 6) is 0. The quantitative estimate of drug-likeness (QED) is 0.344. The van der Waals surface area contributed by atoms with E-state index in [4.69, 9.17) is 5.21 Å². The van der Waals surface area contributed by atoms with Gasteiger partial charge in [0.2, 0.25) is 0 Å². The Hall–Kier alpha value is -1.32. The first-order chi connectivity index (χ1) is 4.75. The third-order valence-electron chi connectivity index (χ3n) is 1.37. The number of H-pyrrole nitrogens is 1. The molecular weight excluding hydrogens is 130 g/mol. The molecule has 4 nitrogen and oxygen atoms in total. The number of aromatic nitrogens is 2. The normalized spacial score (nSPS) is 11.0. The molecule has 0 aliphatic heterocycles. The number of rotatable bonds is 1. The van der Waals surface area contributed by atoms with Gasteiger partial charge in [-0.1, -0.05) is 5.16 Å². The molecule has 0 aliphatic carbocycles. The number of hydrogen-bond acceptors (Lipinski definition) is 3. The second-order valence-corrected chi connectivity index (χ2v) is 2.09. The van der Waals surface area contributed by atoms with E-state index in [1.165, 1.54) is 6.21 Å². The lowest BCUT2D eigenvalue weighted by Crippen LogP contribution is -1.84. The molecule has 0 spiro atoms. The van der Waals surface area contributed by atoms with Gasteiger partial charge in [0, 0.05) is 11.3 Å². The van der Waals surface area contributed by atoms with Crippen molar-refractivity contribution in [2.24, 2.45) is 5.16 Å². The van der Waals surface area contributed by atoms with Gasteiger partial charge in [-0.15, -0.1) is 0 Å². The van der Waals surface area contributed by atoms with Crippen LogP contribution < -0.4 is 0 Å². The first kappa shape index (κ1) is 6.80. The van der Waals surface area contributed by atoms with E-state index < -0.39 is 0 Å². The van der Waals surface area contributed by atoms with Crippen LogP contribution in [0.15, 0.2) is 5.16 Å². The fourth-order valence-corrected chi connectivity index (χ4v) is 0.807. The van der Waals surface area contributed by atoms with Crippen LogP contribution in [-0.2, 0) is 0 Å². The molecule has 0 radical (unpaired) electrons. The van der Waals surface area contributed by atoms with E-state index in [2.05, 4.69) is 15.4 Å². The van der Waals surface area contributed by atoms with E-state index in [9.17, 15) is 0 Å². The number of aromatic amines is 1. The minimum Gasteiger partial charge on any atom is -0.411 e. The SMILES string of the molecule is Cc1n[nH]c(C)c1C=NO. The lowest BCUT2D eigenvalue weighted by Gasteiger charge is -1.86. The zero-order chi connectivity index (χ0) is 7.56. The van der Waals surface area contributed by atoms with Crippen molar-refractivity contribution < 1.29 is 5.21 Å². The maximum atomic E-state index is 8.21. The molecule has 0 amide bonds. The summed E-state index contributed by atoms with van der Waals surface area (Å²) in [6, 6.07) is 0. The van der Waals surface area contributed by atoms with E-state index in [0.29, 0.717) is 0 Å². The number of aryl methyl sites for hydroxylation is 2. The highest BCUT2D eigenvalue weighted by molar-refractivity contribution is 5.81. The highest BCUT2D eigenvalue weighted by atomic mass is 16.4. The lowest BCUT2D eigenvalue weighted by atomic mass is 10.2. The molecule has 1 aromatic heterocycles. The average molecular weight is 139 g/mol. The highest BCUT2D eigenvalue weighted by Crippen LogP contribution is 2.04. The standard InChI is InChI=1S/C6H9N3O/c1-4-6(3-7-10)5(2)9-8-4/h3,10H,1-2H3,(H,8,9). The smallest absolute Gasteiger partial charge is 0.0770 e. The molecule has 1 heterocycles. The van der Waals surface area contributed by atoms with Crippen molar-refractivity contribution in [3.63, 3.8) is 0 Å². The maximum absolute atomic E-state index is 8.21. The van der Waals surface area contributed by atoms with E-state index in [1.807, 2.05) is 13.8 Å². The highest BCUT2D eigenvalue weighted by Gasteiger charge is 2.01. The van der Waals surface area contributed by atoms with Crippen LogP contribution in [0.1, 0.15) is 17.0 Å². The molecule has 0 fully saturated rings. The van der Waals surface area contributed by atoms with Crippen molar-refractivity contribution in [1.82, 2.24) is 10.2 Å². The van der Waals surface area contributed by atoms with Gasteiger partial charge in [0.15, 0.2) is 0 Å². The third-order valence-corrected chi connectivity index (χ3v) is 1.37. The Bertz CT molecular complexity index is 232. The number of oxime groups is 1. The summed E-state index contributed by atoms with van der Waals surface area (Å²) in [7, 11) is 0. The average Bonchev–Trinajstić information content (AvgIpc) is 2.20. The number of hydrogen-bond donors (Lipinski definition) is 2. The first-order valence-electron chi connectivity index (χ1n) is 2.94. The Kier molecular flexibility index (Phi) is 1.71. The molecule has 0 saturated heterocycles. The van der Waals surface area contributed by atoms with Crippen molar-refractivity contribution in [3.05, 3.63) is 17.0 Å². The molecule has 1 rings (SSSR count). The van der Waals surface area contributed by atoms with Gasteiger partial charge in [0.1, 0.15) is 0 Å². The van der Waals surface area contributed by atoms with Gasteiger partial charge in [-0.2, -0.15) is 5.10 Å². The van der Waals surface area contributed by atoms with Crippen molar-refractivity contribution in [2.45, 2.75) is 13.8 Å². The summed E-state index contributed by atoms with van der Waals surface area (Å²) in [5, 5.41) is 17.8. The molecule has 0 unspecified atom stereocenters. The molecule has 0 atom stereocenters. The van der Waals surface area contributed by atoms with Gasteiger partial charge >= 0.3 is 0 Å². The molecule has 0 saturated carbocycles. The molecule has 10 heavy (non-hydrogen) atoms. The second kappa shape index (κ2) is 2.51. The second-order valence-electron chi connectivity index (χ2n) is 2.09. The van der Waals surface area contributed by atoms with Crippen molar-refractivity contribution in [3.8, 4) is 0 Å². The predicted octanol–water partition coefficient (Wildman–Crippen LogP) is 0.835. The largest absolute Gasteiger partial charge is 0.411 e. The summed E-state index contributed by atoms with van der Waals surface area (Å²) >= 11 is 0. The molecular formula is C6H9N3O. The predicted molar refractivity (Wildman–Crippen MR) is 37.4 cm³/mol. The molecule has 54 valence electrons. The van der Waals surface area contributed by atoms with E-state index in [1.54, 1.807) is 0 Å². The first-order valence-corrected chi connectivity index (χ1v) is 2.94. The van der Waals surface area contributed by atoms with Crippen molar-refractivity contribution in [2.75, 3.05) is 0 Å². The van der Waals surface area contributed by atoms with E-state index in [-0.39, 0.29) is 0 Å². The summed E-state index contributed by atoms with van der Waals surface area (Å²) in [6.45, 7) is 3.72. The molecule has 0 aromatic carbocycles. The van der Waals surface area contributed by atoms with Crippen LogP contribution in [0.25, 0.3) is 0 Å². The van der Waals surface area contributed by atoms with E-state index in [0.717, 1.165) is 17.0 Å². The van der Waals surface area contributed by atoms with Crippen LogP contribution in [-0.4, -0.2) is 21.6 Å². The van der Waals surface area contributed by atoms with E-state index >= 15 is 0 Å². The Morgan fingerprint density at radius 3 is 2.70 bits per heavy atom. The maximum Gasteiger partial charge on any atom is 0.0770 e. The number of nitrogens with one attached hydrogen (secondary N) is 1. The lowest BCUT2D eigenvalue weighted by molar-refractivity contribution is 0.322. The molecule has 0 bridgehead atoms. The Balaban J connectivity index is 3.10. The van der Waals surface area contributed by atoms with Gasteiger partial charge in [0.05, 0.1) is 11.9 Å². The summed E-state index contributed by atoms with van der Waals surface area (Å²) < 4.78 is 0. The van der Waals surface area contributed by atoms with Gasteiger partial charge in [-0.25, -0.2) is 0 Å².